The minimum Gasteiger partial charge on any atom is -0.494 e. The fraction of sp³-hybridized carbons (Fsp3) is 0.348. The second-order valence-electron chi connectivity index (χ2n) is 6.75. The van der Waals surface area contributed by atoms with E-state index in [1.54, 1.807) is 12.4 Å². The summed E-state index contributed by atoms with van der Waals surface area (Å²) in [6.07, 6.45) is 6.46. The second kappa shape index (κ2) is 12.2. The third kappa shape index (κ3) is 7.65. The summed E-state index contributed by atoms with van der Waals surface area (Å²) in [6, 6.07) is 13.3. The zero-order chi connectivity index (χ0) is 21.7. The summed E-state index contributed by atoms with van der Waals surface area (Å²) in [4.78, 5) is 8.97. The van der Waals surface area contributed by atoms with Gasteiger partial charge >= 0.3 is 0 Å². The van der Waals surface area contributed by atoms with Crippen LogP contribution in [0.4, 0.5) is 0 Å². The van der Waals surface area contributed by atoms with E-state index in [9.17, 15) is 0 Å². The molecule has 0 spiro atoms. The van der Waals surface area contributed by atoms with E-state index in [2.05, 4.69) is 32.6 Å². The molecule has 3 aromatic rings. The van der Waals surface area contributed by atoms with Crippen LogP contribution in [0.25, 0.3) is 0 Å². The Morgan fingerprint density at radius 3 is 2.65 bits per heavy atom. The van der Waals surface area contributed by atoms with Crippen molar-refractivity contribution >= 4 is 5.96 Å². The largest absolute Gasteiger partial charge is 0.494 e. The number of guanidine groups is 1. The zero-order valence-electron chi connectivity index (χ0n) is 18.1. The first-order valence-corrected chi connectivity index (χ1v) is 10.6. The van der Waals surface area contributed by atoms with Gasteiger partial charge in [0.15, 0.2) is 5.96 Å². The van der Waals surface area contributed by atoms with Crippen LogP contribution in [0.15, 0.2) is 66.0 Å². The Hall–Kier alpha value is -3.55. The van der Waals surface area contributed by atoms with Crippen molar-refractivity contribution in [3.8, 4) is 17.4 Å². The maximum atomic E-state index is 5.87. The highest BCUT2D eigenvalue weighted by Gasteiger charge is 2.03. The average molecular weight is 423 g/mol. The summed E-state index contributed by atoms with van der Waals surface area (Å²) >= 11 is 0. The van der Waals surface area contributed by atoms with Crippen LogP contribution in [0, 0.1) is 0 Å². The van der Waals surface area contributed by atoms with Crippen LogP contribution in [0.5, 0.6) is 17.4 Å². The van der Waals surface area contributed by atoms with E-state index in [0.717, 1.165) is 43.3 Å². The van der Waals surface area contributed by atoms with Gasteiger partial charge in [-0.05, 0) is 62.2 Å². The van der Waals surface area contributed by atoms with Crippen molar-refractivity contribution in [1.82, 2.24) is 25.4 Å². The molecule has 164 valence electrons. The van der Waals surface area contributed by atoms with E-state index < -0.39 is 0 Å². The summed E-state index contributed by atoms with van der Waals surface area (Å²) in [5, 5.41) is 10.9. The van der Waals surface area contributed by atoms with Crippen molar-refractivity contribution in [3.05, 3.63) is 66.6 Å². The topological polar surface area (TPSA) is 85.6 Å². The molecule has 0 aliphatic carbocycles. The standard InChI is InChI=1S/C23H30N6O2/c1-3-24-23(26-12-5-15-29-16-6-13-28-29)27-18-19-11-14-25-22(17-19)31-21-9-7-20(8-10-21)30-4-2/h6-11,13-14,16-17H,3-5,12,15,18H2,1-2H3,(H2,24,26,27). The fourth-order valence-corrected chi connectivity index (χ4v) is 2.89. The van der Waals surface area contributed by atoms with Crippen molar-refractivity contribution in [2.24, 2.45) is 4.99 Å². The average Bonchev–Trinajstić information content (AvgIpc) is 3.30. The summed E-state index contributed by atoms with van der Waals surface area (Å²) in [7, 11) is 0. The number of hydrogen-bond acceptors (Lipinski definition) is 5. The lowest BCUT2D eigenvalue weighted by Crippen LogP contribution is -2.38. The Morgan fingerprint density at radius 2 is 1.90 bits per heavy atom. The molecule has 31 heavy (non-hydrogen) atoms. The molecule has 0 amide bonds. The molecular weight excluding hydrogens is 392 g/mol. The number of benzene rings is 1. The number of nitrogens with one attached hydrogen (secondary N) is 2. The number of aliphatic imine (C=N–C) groups is 1. The normalized spacial score (nSPS) is 11.2. The van der Waals surface area contributed by atoms with Gasteiger partial charge in [0.05, 0.1) is 13.2 Å². The molecule has 0 radical (unpaired) electrons. The zero-order valence-corrected chi connectivity index (χ0v) is 18.1. The minimum atomic E-state index is 0.524. The van der Waals surface area contributed by atoms with E-state index in [4.69, 9.17) is 9.47 Å². The lowest BCUT2D eigenvalue weighted by Gasteiger charge is -2.11. The molecule has 0 saturated heterocycles. The maximum absolute atomic E-state index is 5.87. The van der Waals surface area contributed by atoms with Crippen molar-refractivity contribution in [3.63, 3.8) is 0 Å². The van der Waals surface area contributed by atoms with Gasteiger partial charge in [0, 0.05) is 44.3 Å². The van der Waals surface area contributed by atoms with Crippen molar-refractivity contribution in [2.45, 2.75) is 33.4 Å². The Kier molecular flexibility index (Phi) is 8.72. The SMILES string of the molecule is CCNC(=NCc1ccnc(Oc2ccc(OCC)cc2)c1)NCCCn1cccn1. The van der Waals surface area contributed by atoms with Crippen molar-refractivity contribution < 1.29 is 9.47 Å². The van der Waals surface area contributed by atoms with Crippen LogP contribution in [-0.2, 0) is 13.1 Å². The summed E-state index contributed by atoms with van der Waals surface area (Å²) in [5.41, 5.74) is 1.02. The van der Waals surface area contributed by atoms with E-state index in [1.165, 1.54) is 0 Å². The summed E-state index contributed by atoms with van der Waals surface area (Å²) in [6.45, 7) is 7.66. The molecule has 0 fully saturated rings. The van der Waals surface area contributed by atoms with Crippen LogP contribution in [0.1, 0.15) is 25.8 Å². The predicted molar refractivity (Wildman–Crippen MR) is 122 cm³/mol. The quantitative estimate of drug-likeness (QED) is 0.279. The highest BCUT2D eigenvalue weighted by Crippen LogP contribution is 2.23. The number of rotatable bonds is 11. The predicted octanol–water partition coefficient (Wildman–Crippen LogP) is 3.61. The first-order chi connectivity index (χ1) is 15.3. The first-order valence-electron chi connectivity index (χ1n) is 10.6. The first kappa shape index (κ1) is 22.1. The number of aryl methyl sites for hydroxylation is 1. The van der Waals surface area contributed by atoms with Gasteiger partial charge in [-0.2, -0.15) is 5.10 Å². The van der Waals surface area contributed by atoms with Crippen molar-refractivity contribution in [2.75, 3.05) is 19.7 Å². The highest BCUT2D eigenvalue weighted by atomic mass is 16.5. The van der Waals surface area contributed by atoms with Gasteiger partial charge in [0.1, 0.15) is 11.5 Å². The minimum absolute atomic E-state index is 0.524. The lowest BCUT2D eigenvalue weighted by atomic mass is 10.2. The van der Waals surface area contributed by atoms with E-state index >= 15 is 0 Å². The van der Waals surface area contributed by atoms with E-state index in [1.807, 2.05) is 60.3 Å². The summed E-state index contributed by atoms with van der Waals surface area (Å²) < 4.78 is 13.2. The Labute approximate surface area is 183 Å². The maximum Gasteiger partial charge on any atom is 0.219 e. The Bertz CT molecular complexity index is 926. The van der Waals surface area contributed by atoms with Gasteiger partial charge in [-0.3, -0.25) is 4.68 Å². The lowest BCUT2D eigenvalue weighted by molar-refractivity contribution is 0.339. The third-order valence-corrected chi connectivity index (χ3v) is 4.34. The third-order valence-electron chi connectivity index (χ3n) is 4.34. The van der Waals surface area contributed by atoms with Crippen LogP contribution < -0.4 is 20.1 Å². The smallest absolute Gasteiger partial charge is 0.219 e. The molecule has 0 bridgehead atoms. The molecule has 2 aromatic heterocycles. The van der Waals surface area contributed by atoms with E-state index in [-0.39, 0.29) is 0 Å². The van der Waals surface area contributed by atoms with Crippen molar-refractivity contribution in [1.29, 1.82) is 0 Å². The molecule has 0 saturated carbocycles. The van der Waals surface area contributed by atoms with Crippen LogP contribution in [0.2, 0.25) is 0 Å². The van der Waals surface area contributed by atoms with Gasteiger partial charge in [-0.1, -0.05) is 0 Å². The number of aromatic nitrogens is 3. The molecule has 2 heterocycles. The molecule has 3 rings (SSSR count). The molecule has 0 aliphatic heterocycles. The summed E-state index contributed by atoms with van der Waals surface area (Å²) in [5.74, 6) is 2.85. The molecule has 1 aromatic carbocycles. The van der Waals surface area contributed by atoms with Gasteiger partial charge in [0.2, 0.25) is 5.88 Å². The number of ether oxygens (including phenoxy) is 2. The Balaban J connectivity index is 1.52. The highest BCUT2D eigenvalue weighted by molar-refractivity contribution is 5.79. The fourth-order valence-electron chi connectivity index (χ4n) is 2.89. The van der Waals surface area contributed by atoms with Crippen LogP contribution >= 0.6 is 0 Å². The van der Waals surface area contributed by atoms with Gasteiger partial charge in [0.25, 0.3) is 0 Å². The second-order valence-corrected chi connectivity index (χ2v) is 6.75. The van der Waals surface area contributed by atoms with Crippen LogP contribution in [-0.4, -0.2) is 40.4 Å². The van der Waals surface area contributed by atoms with Crippen LogP contribution in [0.3, 0.4) is 0 Å². The van der Waals surface area contributed by atoms with Gasteiger partial charge < -0.3 is 20.1 Å². The molecule has 8 heteroatoms. The number of pyridine rings is 1. The van der Waals surface area contributed by atoms with E-state index in [0.29, 0.717) is 24.8 Å². The van der Waals surface area contributed by atoms with Gasteiger partial charge in [-0.25, -0.2) is 9.98 Å². The molecule has 8 nitrogen and oxygen atoms in total. The molecule has 2 N–H and O–H groups in total. The monoisotopic (exact) mass is 422 g/mol. The molecule has 0 unspecified atom stereocenters. The Morgan fingerprint density at radius 1 is 1.06 bits per heavy atom. The molecule has 0 atom stereocenters. The number of hydrogen-bond donors (Lipinski definition) is 2. The molecule has 0 aliphatic rings. The number of nitrogens with zero attached hydrogens (tertiary/aromatic N) is 4. The molecular formula is C23H30N6O2. The van der Waals surface area contributed by atoms with Gasteiger partial charge in [-0.15, -0.1) is 0 Å².